The molecule has 0 spiro atoms. The minimum absolute atomic E-state index is 0.0481. The monoisotopic (exact) mass is 223 g/mol. The first kappa shape index (κ1) is 11.1. The summed E-state index contributed by atoms with van der Waals surface area (Å²) in [7, 11) is 0. The number of aliphatic hydroxyl groups is 1. The van der Waals surface area contributed by atoms with Crippen LogP contribution in [0.4, 0.5) is 5.82 Å². The van der Waals surface area contributed by atoms with Crippen molar-refractivity contribution in [3.05, 3.63) is 22.7 Å². The van der Waals surface area contributed by atoms with Gasteiger partial charge >= 0.3 is 0 Å². The first-order chi connectivity index (χ1) is 7.83. The zero-order valence-electron chi connectivity index (χ0n) is 9.22. The summed E-state index contributed by atoms with van der Waals surface area (Å²) in [5.41, 5.74) is -0.178. The molecule has 2 rings (SSSR count). The molecule has 1 saturated carbocycles. The van der Waals surface area contributed by atoms with Gasteiger partial charge in [0.1, 0.15) is 0 Å². The Morgan fingerprint density at radius 1 is 1.50 bits per heavy atom. The number of hydrogen-bond acceptors (Lipinski definition) is 4. The highest BCUT2D eigenvalue weighted by molar-refractivity contribution is 5.37. The van der Waals surface area contributed by atoms with E-state index in [1.165, 1.54) is 19.0 Å². The summed E-state index contributed by atoms with van der Waals surface area (Å²) in [4.78, 5) is 20.3. The van der Waals surface area contributed by atoms with Crippen molar-refractivity contribution in [3.63, 3.8) is 0 Å². The van der Waals surface area contributed by atoms with Crippen LogP contribution in [0.5, 0.6) is 0 Å². The predicted octanol–water partition coefficient (Wildman–Crippen LogP) is 0.511. The Balaban J connectivity index is 2.24. The second kappa shape index (κ2) is 5.12. The highest BCUT2D eigenvalue weighted by Crippen LogP contribution is 2.25. The van der Waals surface area contributed by atoms with Crippen LogP contribution in [-0.4, -0.2) is 34.3 Å². The number of aliphatic hydroxyl groups excluding tert-OH is 1. The highest BCUT2D eigenvalue weighted by Gasteiger charge is 2.24. The van der Waals surface area contributed by atoms with Gasteiger partial charge in [0.15, 0.2) is 5.82 Å². The van der Waals surface area contributed by atoms with E-state index in [2.05, 4.69) is 9.97 Å². The molecule has 0 bridgehead atoms. The molecule has 0 atom stereocenters. The fraction of sp³-hybridized carbons (Fsp3) is 0.636. The van der Waals surface area contributed by atoms with Crippen LogP contribution in [0.1, 0.15) is 25.7 Å². The van der Waals surface area contributed by atoms with E-state index in [-0.39, 0.29) is 12.2 Å². The summed E-state index contributed by atoms with van der Waals surface area (Å²) < 4.78 is 0. The molecule has 5 nitrogen and oxygen atoms in total. The third-order valence-electron chi connectivity index (χ3n) is 3.07. The van der Waals surface area contributed by atoms with E-state index in [0.717, 1.165) is 12.8 Å². The van der Waals surface area contributed by atoms with Crippen LogP contribution in [0.2, 0.25) is 0 Å². The van der Waals surface area contributed by atoms with Gasteiger partial charge in [-0.1, -0.05) is 12.8 Å². The summed E-state index contributed by atoms with van der Waals surface area (Å²) in [6.07, 6.45) is 7.65. The van der Waals surface area contributed by atoms with Crippen molar-refractivity contribution in [1.82, 2.24) is 9.97 Å². The van der Waals surface area contributed by atoms with Gasteiger partial charge in [0.2, 0.25) is 0 Å². The molecule has 88 valence electrons. The van der Waals surface area contributed by atoms with Gasteiger partial charge in [0.05, 0.1) is 6.61 Å². The van der Waals surface area contributed by atoms with Crippen molar-refractivity contribution in [3.8, 4) is 0 Å². The first-order valence-electron chi connectivity index (χ1n) is 5.74. The van der Waals surface area contributed by atoms with Crippen LogP contribution in [0, 0.1) is 0 Å². The largest absolute Gasteiger partial charge is 0.395 e. The number of nitrogens with one attached hydrogen (secondary N) is 1. The average Bonchev–Trinajstić information content (AvgIpc) is 2.80. The van der Waals surface area contributed by atoms with Gasteiger partial charge in [-0.05, 0) is 12.8 Å². The Labute approximate surface area is 94.1 Å². The van der Waals surface area contributed by atoms with Gasteiger partial charge in [-0.2, -0.15) is 0 Å². The van der Waals surface area contributed by atoms with E-state index in [4.69, 9.17) is 5.11 Å². The standard InChI is InChI=1S/C11H17N3O2/c15-8-7-14(9-3-1-2-4-9)10-11(16)13-6-5-12-10/h5-6,9,15H,1-4,7-8H2,(H,13,16). The van der Waals surface area contributed by atoms with Crippen molar-refractivity contribution in [2.75, 3.05) is 18.1 Å². The lowest BCUT2D eigenvalue weighted by Crippen LogP contribution is -2.39. The molecule has 1 aromatic rings. The summed E-state index contributed by atoms with van der Waals surface area (Å²) in [5, 5.41) is 9.07. The zero-order chi connectivity index (χ0) is 11.4. The maximum Gasteiger partial charge on any atom is 0.290 e. The van der Waals surface area contributed by atoms with E-state index in [9.17, 15) is 4.79 Å². The lowest BCUT2D eigenvalue weighted by atomic mass is 10.2. The molecule has 0 aliphatic heterocycles. The Morgan fingerprint density at radius 2 is 2.25 bits per heavy atom. The molecule has 0 amide bonds. The maximum atomic E-state index is 11.7. The Hall–Kier alpha value is -1.36. The number of nitrogens with zero attached hydrogens (tertiary/aromatic N) is 2. The lowest BCUT2D eigenvalue weighted by Gasteiger charge is -2.28. The molecular formula is C11H17N3O2. The number of hydrogen-bond donors (Lipinski definition) is 2. The van der Waals surface area contributed by atoms with Crippen molar-refractivity contribution in [2.45, 2.75) is 31.7 Å². The van der Waals surface area contributed by atoms with Gasteiger partial charge < -0.3 is 15.0 Å². The van der Waals surface area contributed by atoms with Gasteiger partial charge in [0.25, 0.3) is 5.56 Å². The summed E-state index contributed by atoms with van der Waals surface area (Å²) >= 11 is 0. The molecule has 1 aromatic heterocycles. The normalized spacial score (nSPS) is 16.6. The quantitative estimate of drug-likeness (QED) is 0.780. The molecular weight excluding hydrogens is 206 g/mol. The van der Waals surface area contributed by atoms with Crippen LogP contribution in [0.3, 0.4) is 0 Å². The van der Waals surface area contributed by atoms with Gasteiger partial charge in [-0.25, -0.2) is 4.98 Å². The predicted molar refractivity (Wildman–Crippen MR) is 61.5 cm³/mol. The zero-order valence-corrected chi connectivity index (χ0v) is 9.22. The summed E-state index contributed by atoms with van der Waals surface area (Å²) in [6, 6.07) is 0.350. The van der Waals surface area contributed by atoms with Crippen LogP contribution in [0.15, 0.2) is 17.2 Å². The van der Waals surface area contributed by atoms with E-state index >= 15 is 0 Å². The fourth-order valence-corrected chi connectivity index (χ4v) is 2.33. The molecule has 1 heterocycles. The summed E-state index contributed by atoms with van der Waals surface area (Å²) in [5.74, 6) is 0.434. The van der Waals surface area contributed by atoms with Crippen LogP contribution >= 0.6 is 0 Å². The number of H-pyrrole nitrogens is 1. The molecule has 5 heteroatoms. The third kappa shape index (κ3) is 2.24. The second-order valence-electron chi connectivity index (χ2n) is 4.10. The Kier molecular flexibility index (Phi) is 3.56. The average molecular weight is 223 g/mol. The maximum absolute atomic E-state index is 11.7. The van der Waals surface area contributed by atoms with E-state index in [1.807, 2.05) is 4.90 Å². The SMILES string of the molecule is O=c1[nH]ccnc1N(CCO)C1CCCC1. The van der Waals surface area contributed by atoms with Crippen LogP contribution in [0.25, 0.3) is 0 Å². The highest BCUT2D eigenvalue weighted by atomic mass is 16.3. The van der Waals surface area contributed by atoms with Gasteiger partial charge in [0, 0.05) is 25.0 Å². The van der Waals surface area contributed by atoms with Gasteiger partial charge in [-0.3, -0.25) is 4.79 Å². The molecule has 0 unspecified atom stereocenters. The van der Waals surface area contributed by atoms with Crippen molar-refractivity contribution in [1.29, 1.82) is 0 Å². The molecule has 0 saturated heterocycles. The van der Waals surface area contributed by atoms with Crippen molar-refractivity contribution in [2.24, 2.45) is 0 Å². The molecule has 2 N–H and O–H groups in total. The topological polar surface area (TPSA) is 69.2 Å². The Bertz CT molecular complexity index is 385. The Morgan fingerprint density at radius 3 is 2.88 bits per heavy atom. The van der Waals surface area contributed by atoms with Crippen molar-refractivity contribution >= 4 is 5.82 Å². The minimum Gasteiger partial charge on any atom is -0.395 e. The number of rotatable bonds is 4. The smallest absolute Gasteiger partial charge is 0.290 e. The molecule has 1 fully saturated rings. The summed E-state index contributed by atoms with van der Waals surface area (Å²) in [6.45, 7) is 0.525. The third-order valence-corrected chi connectivity index (χ3v) is 3.07. The fourth-order valence-electron chi connectivity index (χ4n) is 2.33. The van der Waals surface area contributed by atoms with Crippen LogP contribution in [-0.2, 0) is 0 Å². The number of aromatic amines is 1. The van der Waals surface area contributed by atoms with E-state index in [0.29, 0.717) is 18.4 Å². The number of aromatic nitrogens is 2. The second-order valence-corrected chi connectivity index (χ2v) is 4.10. The molecule has 0 radical (unpaired) electrons. The lowest BCUT2D eigenvalue weighted by molar-refractivity contribution is 0.296. The molecule has 0 aromatic carbocycles. The molecule has 1 aliphatic carbocycles. The number of anilines is 1. The molecule has 16 heavy (non-hydrogen) atoms. The molecule has 1 aliphatic rings. The van der Waals surface area contributed by atoms with Crippen molar-refractivity contribution < 1.29 is 5.11 Å². The first-order valence-corrected chi connectivity index (χ1v) is 5.74. The van der Waals surface area contributed by atoms with Gasteiger partial charge in [-0.15, -0.1) is 0 Å². The van der Waals surface area contributed by atoms with E-state index in [1.54, 1.807) is 6.20 Å². The van der Waals surface area contributed by atoms with Crippen LogP contribution < -0.4 is 10.5 Å². The van der Waals surface area contributed by atoms with E-state index < -0.39 is 0 Å². The minimum atomic E-state index is -0.178.